The molecule has 2 N–H and O–H groups in total. The number of hydrogen-bond donors (Lipinski definition) is 2. The molecule has 2 aliphatic heterocycles. The van der Waals surface area contributed by atoms with E-state index in [1.165, 1.54) is 0 Å². The van der Waals surface area contributed by atoms with Gasteiger partial charge in [0.15, 0.2) is 0 Å². The minimum atomic E-state index is -0.753. The zero-order valence-electron chi connectivity index (χ0n) is 23.9. The van der Waals surface area contributed by atoms with Crippen molar-refractivity contribution in [3.63, 3.8) is 0 Å². The predicted molar refractivity (Wildman–Crippen MR) is 157 cm³/mol. The lowest BCUT2D eigenvalue weighted by atomic mass is 9.95. The normalized spacial score (nSPS) is 17.7. The summed E-state index contributed by atoms with van der Waals surface area (Å²) in [6, 6.07) is 24.8. The number of urea groups is 1. The summed E-state index contributed by atoms with van der Waals surface area (Å²) < 4.78 is 6.03. The van der Waals surface area contributed by atoms with E-state index < -0.39 is 17.6 Å². The number of nitrogens with zero attached hydrogens (tertiary/aromatic N) is 2. The number of likely N-dealkylation sites (N-methyl/N-ethyl adjacent to an activating group) is 1. The van der Waals surface area contributed by atoms with Crippen LogP contribution in [-0.2, 0) is 16.0 Å². The van der Waals surface area contributed by atoms with Gasteiger partial charge >= 0.3 is 6.03 Å². The van der Waals surface area contributed by atoms with Crippen LogP contribution in [0.25, 0.3) is 0 Å². The van der Waals surface area contributed by atoms with Gasteiger partial charge in [-0.3, -0.25) is 14.5 Å². The average Bonchev–Trinajstić information content (AvgIpc) is 3.28. The van der Waals surface area contributed by atoms with Crippen LogP contribution in [0.2, 0.25) is 0 Å². The van der Waals surface area contributed by atoms with Gasteiger partial charge in [-0.25, -0.2) is 4.79 Å². The Morgan fingerprint density at radius 1 is 0.976 bits per heavy atom. The lowest BCUT2D eigenvalue weighted by Crippen LogP contribution is -2.54. The lowest BCUT2D eigenvalue weighted by molar-refractivity contribution is -0.137. The van der Waals surface area contributed by atoms with E-state index in [4.69, 9.17) is 4.74 Å². The highest BCUT2D eigenvalue weighted by Crippen LogP contribution is 2.38. The number of carbonyl (C=O) groups is 3. The summed E-state index contributed by atoms with van der Waals surface area (Å²) in [4.78, 5) is 44.4. The fourth-order valence-corrected chi connectivity index (χ4v) is 5.37. The molecule has 212 valence electrons. The summed E-state index contributed by atoms with van der Waals surface area (Å²) in [7, 11) is 0. The third kappa shape index (κ3) is 6.11. The largest absolute Gasteiger partial charge is 0.457 e. The molecular formula is C33H36N4O4. The molecule has 41 heavy (non-hydrogen) atoms. The molecule has 5 rings (SSSR count). The molecule has 0 aliphatic carbocycles. The monoisotopic (exact) mass is 552 g/mol. The van der Waals surface area contributed by atoms with Gasteiger partial charge in [-0.2, -0.15) is 0 Å². The van der Waals surface area contributed by atoms with Crippen LogP contribution in [0.4, 0.5) is 4.79 Å². The molecule has 2 atom stereocenters. The minimum absolute atomic E-state index is 0.168. The third-order valence-electron chi connectivity index (χ3n) is 7.19. The highest BCUT2D eigenvalue weighted by atomic mass is 16.5. The molecule has 8 nitrogen and oxygen atoms in total. The molecule has 2 unspecified atom stereocenters. The van der Waals surface area contributed by atoms with Crippen molar-refractivity contribution in [2.75, 3.05) is 13.1 Å². The summed E-state index contributed by atoms with van der Waals surface area (Å²) in [5.74, 6) is 0.789. The Morgan fingerprint density at radius 3 is 2.29 bits per heavy atom. The van der Waals surface area contributed by atoms with Crippen molar-refractivity contribution in [1.29, 1.82) is 0 Å². The van der Waals surface area contributed by atoms with Crippen LogP contribution in [0.3, 0.4) is 0 Å². The van der Waals surface area contributed by atoms with Gasteiger partial charge in [0.25, 0.3) is 5.91 Å². The first kappa shape index (κ1) is 28.0. The first-order valence-corrected chi connectivity index (χ1v) is 14.0. The smallest absolute Gasteiger partial charge is 0.322 e. The summed E-state index contributed by atoms with van der Waals surface area (Å²) >= 11 is 0. The molecule has 0 saturated carbocycles. The van der Waals surface area contributed by atoms with Crippen molar-refractivity contribution in [3.8, 4) is 11.5 Å². The molecule has 0 saturated heterocycles. The SMILES string of the molecule is CCN1C(=O)NC(c2cccc(Oc3ccccc3)c2)C2=C1CN(C(Cc1ccccc1)C(=O)NC(C)(C)C)C2=O. The zero-order valence-corrected chi connectivity index (χ0v) is 23.9. The third-order valence-corrected chi connectivity index (χ3v) is 7.19. The minimum Gasteiger partial charge on any atom is -0.457 e. The van der Waals surface area contributed by atoms with Crippen LogP contribution >= 0.6 is 0 Å². The molecule has 3 aromatic rings. The topological polar surface area (TPSA) is 91.0 Å². The number of para-hydroxylation sites is 1. The number of ether oxygens (including phenoxy) is 1. The maximum Gasteiger partial charge on any atom is 0.322 e. The van der Waals surface area contributed by atoms with Crippen molar-refractivity contribution in [2.24, 2.45) is 0 Å². The number of amides is 4. The molecule has 8 heteroatoms. The number of nitrogens with one attached hydrogen (secondary N) is 2. The summed E-state index contributed by atoms with van der Waals surface area (Å²) in [6.07, 6.45) is 0.355. The Morgan fingerprint density at radius 2 is 1.63 bits per heavy atom. The molecule has 0 bridgehead atoms. The Balaban J connectivity index is 1.50. The van der Waals surface area contributed by atoms with E-state index in [1.54, 1.807) is 9.80 Å². The lowest BCUT2D eigenvalue weighted by Gasteiger charge is -2.33. The van der Waals surface area contributed by atoms with Gasteiger partial charge in [0.2, 0.25) is 5.91 Å². The van der Waals surface area contributed by atoms with Crippen molar-refractivity contribution in [2.45, 2.75) is 51.7 Å². The van der Waals surface area contributed by atoms with E-state index in [1.807, 2.05) is 113 Å². The van der Waals surface area contributed by atoms with Crippen molar-refractivity contribution < 1.29 is 19.1 Å². The summed E-state index contributed by atoms with van der Waals surface area (Å²) in [5, 5.41) is 6.09. The molecule has 4 amide bonds. The average molecular weight is 553 g/mol. The van der Waals surface area contributed by atoms with Crippen LogP contribution in [0.15, 0.2) is 96.2 Å². The first-order chi connectivity index (χ1) is 19.6. The molecule has 2 aliphatic rings. The van der Waals surface area contributed by atoms with Crippen LogP contribution in [-0.4, -0.2) is 52.3 Å². The van der Waals surface area contributed by atoms with Gasteiger partial charge in [0.1, 0.15) is 17.5 Å². The van der Waals surface area contributed by atoms with E-state index in [-0.39, 0.29) is 24.4 Å². The molecule has 2 heterocycles. The van der Waals surface area contributed by atoms with Crippen molar-refractivity contribution in [1.82, 2.24) is 20.4 Å². The highest BCUT2D eigenvalue weighted by Gasteiger charge is 2.47. The fraction of sp³-hybridized carbons (Fsp3) is 0.303. The Labute approximate surface area is 241 Å². The Kier molecular flexibility index (Phi) is 7.83. The predicted octanol–water partition coefficient (Wildman–Crippen LogP) is 5.19. The fourth-order valence-electron chi connectivity index (χ4n) is 5.37. The van der Waals surface area contributed by atoms with Crippen molar-refractivity contribution >= 4 is 17.8 Å². The quantitative estimate of drug-likeness (QED) is 0.403. The first-order valence-electron chi connectivity index (χ1n) is 14.0. The number of carbonyl (C=O) groups excluding carboxylic acids is 3. The van der Waals surface area contributed by atoms with E-state index in [0.717, 1.165) is 11.1 Å². The van der Waals surface area contributed by atoms with Gasteiger partial charge in [0, 0.05) is 18.5 Å². The van der Waals surface area contributed by atoms with Gasteiger partial charge in [-0.1, -0.05) is 60.7 Å². The van der Waals surface area contributed by atoms with Gasteiger partial charge in [-0.05, 0) is 63.1 Å². The molecule has 0 spiro atoms. The second-order valence-corrected chi connectivity index (χ2v) is 11.4. The van der Waals surface area contributed by atoms with Gasteiger partial charge in [0.05, 0.1) is 23.9 Å². The molecule has 0 fully saturated rings. The molecule has 0 radical (unpaired) electrons. The van der Waals surface area contributed by atoms with E-state index in [9.17, 15) is 14.4 Å². The second kappa shape index (κ2) is 11.5. The van der Waals surface area contributed by atoms with Crippen LogP contribution in [0.1, 0.15) is 44.9 Å². The van der Waals surface area contributed by atoms with Crippen LogP contribution in [0, 0.1) is 0 Å². The maximum absolute atomic E-state index is 14.2. The number of rotatable bonds is 8. The van der Waals surface area contributed by atoms with Gasteiger partial charge < -0.3 is 20.3 Å². The van der Waals surface area contributed by atoms with E-state index in [0.29, 0.717) is 35.7 Å². The van der Waals surface area contributed by atoms with E-state index >= 15 is 0 Å². The molecule has 0 aromatic heterocycles. The Bertz CT molecular complexity index is 1460. The Hall–Kier alpha value is -4.59. The maximum atomic E-state index is 14.2. The number of hydrogen-bond acceptors (Lipinski definition) is 4. The van der Waals surface area contributed by atoms with E-state index in [2.05, 4.69) is 10.6 Å². The second-order valence-electron chi connectivity index (χ2n) is 11.4. The van der Waals surface area contributed by atoms with Crippen molar-refractivity contribution in [3.05, 3.63) is 107 Å². The zero-order chi connectivity index (χ0) is 29.1. The molecular weight excluding hydrogens is 516 g/mol. The summed E-state index contributed by atoms with van der Waals surface area (Å²) in [5.41, 5.74) is 2.30. The van der Waals surface area contributed by atoms with Crippen LogP contribution in [0.5, 0.6) is 11.5 Å². The van der Waals surface area contributed by atoms with Gasteiger partial charge in [-0.15, -0.1) is 0 Å². The highest BCUT2D eigenvalue weighted by molar-refractivity contribution is 6.03. The standard InChI is InChI=1S/C33H36N4O4/c1-5-36-27-21-37(26(30(38)35-33(2,3)4)19-22-13-8-6-9-14-22)31(39)28(27)29(34-32(36)40)23-15-12-18-25(20-23)41-24-16-10-7-11-17-24/h6-18,20,26,29H,5,19,21H2,1-4H3,(H,34,40)(H,35,38). The summed E-state index contributed by atoms with van der Waals surface area (Å²) in [6.45, 7) is 8.19. The van der Waals surface area contributed by atoms with Crippen LogP contribution < -0.4 is 15.4 Å². The molecule has 3 aromatic carbocycles. The number of benzene rings is 3.